The van der Waals surface area contributed by atoms with Gasteiger partial charge in [0.05, 0.1) is 6.54 Å². The van der Waals surface area contributed by atoms with Crippen molar-refractivity contribution in [3.05, 3.63) is 140 Å². The smallest absolute Gasteiger partial charge is 0.440 e. The summed E-state index contributed by atoms with van der Waals surface area (Å²) in [4.78, 5) is 39.8. The number of amides is 1. The highest BCUT2D eigenvalue weighted by atomic mass is 16.5. The van der Waals surface area contributed by atoms with Crippen molar-refractivity contribution in [1.82, 2.24) is 15.0 Å². The maximum atomic E-state index is 12.8. The van der Waals surface area contributed by atoms with E-state index in [0.29, 0.717) is 24.5 Å². The monoisotopic (exact) mass is 578 g/mol. The average Bonchev–Trinajstić information content (AvgIpc) is 3.34. The van der Waals surface area contributed by atoms with E-state index in [2.05, 4.69) is 40.4 Å². The summed E-state index contributed by atoms with van der Waals surface area (Å²) in [5, 5.41) is 3.04. The van der Waals surface area contributed by atoms with Crippen LogP contribution in [0.3, 0.4) is 0 Å². The number of ether oxygens (including phenoxy) is 1. The summed E-state index contributed by atoms with van der Waals surface area (Å²) >= 11 is 0. The number of carbonyl (C=O) groups excluding carboxylic acids is 1. The molecule has 2 N–H and O–H groups in total. The zero-order chi connectivity index (χ0) is 30.2. The van der Waals surface area contributed by atoms with Crippen molar-refractivity contribution in [3.8, 4) is 16.9 Å². The predicted octanol–water partition coefficient (Wildman–Crippen LogP) is 4.99. The normalized spacial score (nSPS) is 10.8. The first-order valence-corrected chi connectivity index (χ1v) is 14.1. The molecule has 0 aliphatic rings. The third-order valence-electron chi connectivity index (χ3n) is 7.16. The van der Waals surface area contributed by atoms with Gasteiger partial charge in [0.25, 0.3) is 5.91 Å². The van der Waals surface area contributed by atoms with Gasteiger partial charge in [0, 0.05) is 31.4 Å². The molecule has 5 aromatic rings. The number of carbonyl (C=O) groups is 1. The number of nitrogens with one attached hydrogen (secondary N) is 2. The van der Waals surface area contributed by atoms with Crippen molar-refractivity contribution in [2.75, 3.05) is 25.0 Å². The van der Waals surface area contributed by atoms with Crippen molar-refractivity contribution >= 4 is 11.6 Å². The van der Waals surface area contributed by atoms with E-state index in [1.54, 1.807) is 0 Å². The second kappa shape index (κ2) is 13.6. The lowest BCUT2D eigenvalue weighted by Crippen LogP contribution is -2.28. The first-order chi connectivity index (χ1) is 20.9. The molecule has 0 atom stereocenters. The largest absolute Gasteiger partial charge is 0.489 e. The van der Waals surface area contributed by atoms with Gasteiger partial charge in [-0.05, 0) is 83.6 Å². The number of aryl methyl sites for hydroxylation is 1. The molecule has 0 aliphatic heterocycles. The molecule has 1 heterocycles. The van der Waals surface area contributed by atoms with E-state index in [-0.39, 0.29) is 12.5 Å². The van der Waals surface area contributed by atoms with Crippen molar-refractivity contribution in [3.63, 3.8) is 0 Å². The molecule has 5 rings (SSSR count). The summed E-state index contributed by atoms with van der Waals surface area (Å²) < 4.78 is 11.8. The highest BCUT2D eigenvalue weighted by molar-refractivity contribution is 5.95. The predicted molar refractivity (Wildman–Crippen MR) is 167 cm³/mol. The van der Waals surface area contributed by atoms with Crippen LogP contribution in [0.2, 0.25) is 0 Å². The third-order valence-corrected chi connectivity index (χ3v) is 7.16. The Kier molecular flexibility index (Phi) is 9.21. The molecule has 0 radical (unpaired) electrons. The Bertz CT molecular complexity index is 1790. The lowest BCUT2D eigenvalue weighted by atomic mass is 9.97. The highest BCUT2D eigenvalue weighted by Crippen LogP contribution is 2.26. The van der Waals surface area contributed by atoms with Gasteiger partial charge in [-0.1, -0.05) is 54.6 Å². The minimum atomic E-state index is -0.780. The number of aromatic nitrogens is 2. The number of benzene rings is 4. The van der Waals surface area contributed by atoms with Gasteiger partial charge in [0.2, 0.25) is 0 Å². The maximum Gasteiger partial charge on any atom is 0.440 e. The van der Waals surface area contributed by atoms with E-state index in [9.17, 15) is 14.4 Å². The Labute approximate surface area is 249 Å². The molecule has 220 valence electrons. The van der Waals surface area contributed by atoms with Crippen molar-refractivity contribution in [1.29, 1.82) is 0 Å². The van der Waals surface area contributed by atoms with Gasteiger partial charge in [-0.15, -0.1) is 4.74 Å². The first-order valence-electron chi connectivity index (χ1n) is 14.1. The van der Waals surface area contributed by atoms with Crippen LogP contribution in [0.15, 0.2) is 111 Å². The van der Waals surface area contributed by atoms with Crippen molar-refractivity contribution in [2.24, 2.45) is 0 Å². The van der Waals surface area contributed by atoms with E-state index >= 15 is 0 Å². The number of nitrogens with zero attached hydrogens (tertiary/aromatic N) is 2. The van der Waals surface area contributed by atoms with E-state index < -0.39 is 11.4 Å². The number of hydrogen-bond donors (Lipinski definition) is 2. The molecule has 1 aromatic heterocycles. The third kappa shape index (κ3) is 7.71. The van der Waals surface area contributed by atoms with Crippen molar-refractivity contribution in [2.45, 2.75) is 26.5 Å². The number of para-hydroxylation sites is 1. The van der Waals surface area contributed by atoms with Crippen LogP contribution >= 0.6 is 0 Å². The van der Waals surface area contributed by atoms with Crippen LogP contribution in [0.25, 0.3) is 11.1 Å². The van der Waals surface area contributed by atoms with Gasteiger partial charge in [-0.2, -0.15) is 0 Å². The average molecular weight is 579 g/mol. The van der Waals surface area contributed by atoms with Gasteiger partial charge in [-0.25, -0.2) is 14.6 Å². The molecule has 9 nitrogen and oxygen atoms in total. The molecule has 0 saturated carbocycles. The topological polar surface area (TPSA) is 110 Å². The Morgan fingerprint density at radius 2 is 1.72 bits per heavy atom. The lowest BCUT2D eigenvalue weighted by Gasteiger charge is -2.19. The van der Waals surface area contributed by atoms with Gasteiger partial charge < -0.3 is 19.5 Å². The van der Waals surface area contributed by atoms with Crippen LogP contribution in [0.4, 0.5) is 5.69 Å². The molecule has 0 bridgehead atoms. The molecule has 43 heavy (non-hydrogen) atoms. The summed E-state index contributed by atoms with van der Waals surface area (Å²) in [6, 6.07) is 31.4. The molecule has 0 saturated heterocycles. The number of anilines is 1. The lowest BCUT2D eigenvalue weighted by molar-refractivity contribution is 0.0953. The van der Waals surface area contributed by atoms with Crippen LogP contribution in [0, 0.1) is 6.92 Å². The minimum Gasteiger partial charge on any atom is -0.489 e. The number of rotatable bonds is 12. The number of H-pyrrole nitrogens is 1. The van der Waals surface area contributed by atoms with E-state index in [4.69, 9.17) is 9.26 Å². The van der Waals surface area contributed by atoms with Gasteiger partial charge in [-0.3, -0.25) is 4.79 Å². The first kappa shape index (κ1) is 29.2. The van der Waals surface area contributed by atoms with Gasteiger partial charge in [0.1, 0.15) is 12.4 Å². The van der Waals surface area contributed by atoms with Crippen LogP contribution in [-0.2, 0) is 13.2 Å². The number of hydrogen-bond acceptors (Lipinski definition) is 6. The van der Waals surface area contributed by atoms with Crippen LogP contribution < -0.4 is 26.4 Å². The molecule has 0 unspecified atom stereocenters. The second-order valence-electron chi connectivity index (χ2n) is 10.4. The molecule has 9 heteroatoms. The van der Waals surface area contributed by atoms with Crippen LogP contribution in [0.5, 0.6) is 5.75 Å². The minimum absolute atomic E-state index is 0.0742. The highest BCUT2D eigenvalue weighted by Gasteiger charge is 2.10. The Hall–Kier alpha value is -5.31. The maximum absolute atomic E-state index is 12.8. The molecular weight excluding hydrogens is 544 g/mol. The fourth-order valence-corrected chi connectivity index (χ4v) is 4.83. The second-order valence-corrected chi connectivity index (χ2v) is 10.4. The van der Waals surface area contributed by atoms with E-state index in [0.717, 1.165) is 51.2 Å². The van der Waals surface area contributed by atoms with Crippen molar-refractivity contribution < 1.29 is 14.1 Å². The van der Waals surface area contributed by atoms with Gasteiger partial charge in [0.15, 0.2) is 0 Å². The van der Waals surface area contributed by atoms with E-state index in [1.165, 1.54) is 0 Å². The Morgan fingerprint density at radius 3 is 2.44 bits per heavy atom. The summed E-state index contributed by atoms with van der Waals surface area (Å²) in [7, 11) is 2.05. The van der Waals surface area contributed by atoms with Gasteiger partial charge >= 0.3 is 11.4 Å². The molecule has 0 aliphatic carbocycles. The fraction of sp³-hybridized carbons (Fsp3) is 0.206. The summed E-state index contributed by atoms with van der Waals surface area (Å²) in [5.41, 5.74) is 6.13. The molecule has 4 aromatic carbocycles. The number of aromatic amines is 1. The van der Waals surface area contributed by atoms with E-state index in [1.807, 2.05) is 85.8 Å². The SMILES string of the molecule is Cc1cc(C(=O)NCCCN(C)c2ccccc2)ccc1-c1cccc(COc2ccc(Cn3oc(=O)[nH]c3=O)cc2)c1. The van der Waals surface area contributed by atoms with Crippen LogP contribution in [0.1, 0.15) is 33.5 Å². The fourth-order valence-electron chi connectivity index (χ4n) is 4.83. The summed E-state index contributed by atoms with van der Waals surface area (Å²) in [6.45, 7) is 3.99. The Morgan fingerprint density at radius 1 is 0.930 bits per heavy atom. The van der Waals surface area contributed by atoms with Crippen LogP contribution in [-0.4, -0.2) is 35.8 Å². The zero-order valence-corrected chi connectivity index (χ0v) is 24.2. The molecule has 1 amide bonds. The Balaban J connectivity index is 1.13. The standard InChI is InChI=1S/C34H34N4O5/c1-24-20-28(32(39)35-18-7-19-37(2)29-10-4-3-5-11-29)14-17-31(24)27-9-6-8-26(21-27)23-42-30-15-12-25(13-16-30)22-38-33(40)36-34(41)43-38/h3-6,8-17,20-21H,7,18-19,22-23H2,1-2H3,(H,35,39)(H,36,40,41). The molecule has 0 spiro atoms. The zero-order valence-electron chi connectivity index (χ0n) is 24.2. The quantitative estimate of drug-likeness (QED) is 0.202. The summed E-state index contributed by atoms with van der Waals surface area (Å²) in [6.07, 6.45) is 0.849. The molecule has 0 fully saturated rings. The summed E-state index contributed by atoms with van der Waals surface area (Å²) in [5.74, 6) is -0.178. The molecular formula is C34H34N4O5.